The minimum absolute atomic E-state index is 0.165. The summed E-state index contributed by atoms with van der Waals surface area (Å²) in [6.45, 7) is 8.64. The Bertz CT molecular complexity index is 602. The van der Waals surface area contributed by atoms with E-state index in [-0.39, 0.29) is 5.41 Å². The molecule has 0 saturated carbocycles. The normalized spacial score (nSPS) is 11.5. The lowest BCUT2D eigenvalue weighted by molar-refractivity contribution is 0.465. The van der Waals surface area contributed by atoms with Crippen LogP contribution in [0.4, 0.5) is 11.6 Å². The van der Waals surface area contributed by atoms with Crippen molar-refractivity contribution in [2.24, 2.45) is 5.84 Å². The zero-order valence-electron chi connectivity index (χ0n) is 12.9. The van der Waals surface area contributed by atoms with Crippen LogP contribution in [0.5, 0.6) is 0 Å². The Hall–Kier alpha value is -2.15. The highest BCUT2D eigenvalue weighted by Gasteiger charge is 2.19. The second-order valence-electron chi connectivity index (χ2n) is 5.78. The van der Waals surface area contributed by atoms with E-state index in [1.807, 2.05) is 27.7 Å². The third-order valence-corrected chi connectivity index (χ3v) is 2.92. The van der Waals surface area contributed by atoms with E-state index in [1.54, 1.807) is 12.3 Å². The smallest absolute Gasteiger partial charge is 0.213 e. The minimum atomic E-state index is -0.165. The number of nitrogens with two attached hydrogens (primary N) is 1. The van der Waals surface area contributed by atoms with Gasteiger partial charge in [-0.05, 0) is 0 Å². The Morgan fingerprint density at radius 1 is 1.24 bits per heavy atom. The van der Waals surface area contributed by atoms with Crippen molar-refractivity contribution >= 4 is 11.6 Å². The van der Waals surface area contributed by atoms with Gasteiger partial charge in [-0.25, -0.2) is 20.8 Å². The second-order valence-corrected chi connectivity index (χ2v) is 5.78. The van der Waals surface area contributed by atoms with Gasteiger partial charge in [-0.1, -0.05) is 27.7 Å². The lowest BCUT2D eigenvalue weighted by atomic mass is 9.96. The monoisotopic (exact) mass is 290 g/mol. The maximum absolute atomic E-state index is 5.55. The van der Waals surface area contributed by atoms with Crippen molar-refractivity contribution in [3.8, 4) is 0 Å². The molecule has 2 aromatic heterocycles. The number of nitrogens with zero attached hydrogens (tertiary/aromatic N) is 3. The fourth-order valence-electron chi connectivity index (χ4n) is 1.71. The fraction of sp³-hybridized carbons (Fsp3) is 0.500. The molecule has 2 heterocycles. The Morgan fingerprint density at radius 2 is 1.95 bits per heavy atom. The van der Waals surface area contributed by atoms with Crippen molar-refractivity contribution in [2.75, 3.05) is 10.7 Å². The molecule has 0 aliphatic heterocycles. The Morgan fingerprint density at radius 3 is 2.52 bits per heavy atom. The summed E-state index contributed by atoms with van der Waals surface area (Å²) in [7, 11) is 0. The van der Waals surface area contributed by atoms with Crippen molar-refractivity contribution in [3.05, 3.63) is 29.7 Å². The molecule has 0 fully saturated rings. The lowest BCUT2D eigenvalue weighted by Gasteiger charge is -2.18. The van der Waals surface area contributed by atoms with Crippen LogP contribution >= 0.6 is 0 Å². The standard InChI is InChI=1S/C14H22N6O/c1-5-9-7-17-12(21-9)8-16-10-6-11(20-15)19-13(18-10)14(2,3)4/h6-7H,5,8,15H2,1-4H3,(H2,16,18,19,20). The molecule has 0 radical (unpaired) electrons. The van der Waals surface area contributed by atoms with Crippen molar-refractivity contribution in [3.63, 3.8) is 0 Å². The molecule has 0 amide bonds. The van der Waals surface area contributed by atoms with Crippen LogP contribution in [0.3, 0.4) is 0 Å². The van der Waals surface area contributed by atoms with Crippen LogP contribution in [0.25, 0.3) is 0 Å². The van der Waals surface area contributed by atoms with Crippen molar-refractivity contribution in [1.82, 2.24) is 15.0 Å². The minimum Gasteiger partial charge on any atom is -0.444 e. The summed E-state index contributed by atoms with van der Waals surface area (Å²) in [5.41, 5.74) is 2.40. The van der Waals surface area contributed by atoms with Gasteiger partial charge in [0.15, 0.2) is 0 Å². The van der Waals surface area contributed by atoms with E-state index >= 15 is 0 Å². The van der Waals surface area contributed by atoms with Gasteiger partial charge >= 0.3 is 0 Å². The van der Waals surface area contributed by atoms with Crippen molar-refractivity contribution in [1.29, 1.82) is 0 Å². The molecule has 0 aromatic carbocycles. The highest BCUT2D eigenvalue weighted by molar-refractivity contribution is 5.47. The average molecular weight is 290 g/mol. The Labute approximate surface area is 124 Å². The average Bonchev–Trinajstić information content (AvgIpc) is 2.92. The molecule has 2 rings (SSSR count). The molecule has 0 bridgehead atoms. The molecule has 0 saturated heterocycles. The van der Waals surface area contributed by atoms with E-state index in [4.69, 9.17) is 10.3 Å². The number of oxazole rings is 1. The second kappa shape index (κ2) is 6.09. The SMILES string of the molecule is CCc1cnc(CNc2cc(NN)nc(C(C)(C)C)n2)o1. The number of anilines is 2. The van der Waals surface area contributed by atoms with Gasteiger partial charge in [-0.15, -0.1) is 0 Å². The molecule has 0 aliphatic carbocycles. The first-order valence-electron chi connectivity index (χ1n) is 6.96. The van der Waals surface area contributed by atoms with Crippen LogP contribution in [0.1, 0.15) is 45.2 Å². The molecule has 0 aliphatic rings. The number of aryl methyl sites for hydroxylation is 1. The Kier molecular flexibility index (Phi) is 4.42. The first-order valence-corrected chi connectivity index (χ1v) is 6.96. The maximum atomic E-state index is 5.55. The van der Waals surface area contributed by atoms with Gasteiger partial charge in [0, 0.05) is 17.9 Å². The summed E-state index contributed by atoms with van der Waals surface area (Å²) in [6.07, 6.45) is 2.57. The molecule has 7 nitrogen and oxygen atoms in total. The van der Waals surface area contributed by atoms with Gasteiger partial charge in [0.25, 0.3) is 0 Å². The zero-order valence-corrected chi connectivity index (χ0v) is 12.9. The topological polar surface area (TPSA) is 102 Å². The van der Waals surface area contributed by atoms with E-state index in [0.29, 0.717) is 29.9 Å². The lowest BCUT2D eigenvalue weighted by Crippen LogP contribution is -2.20. The van der Waals surface area contributed by atoms with Crippen LogP contribution in [0.2, 0.25) is 0 Å². The van der Waals surface area contributed by atoms with Gasteiger partial charge in [0.2, 0.25) is 5.89 Å². The summed E-state index contributed by atoms with van der Waals surface area (Å²) in [5, 5.41) is 3.18. The summed E-state index contributed by atoms with van der Waals surface area (Å²) < 4.78 is 5.55. The Balaban J connectivity index is 2.15. The van der Waals surface area contributed by atoms with Crippen LogP contribution in [-0.2, 0) is 18.4 Å². The largest absolute Gasteiger partial charge is 0.444 e. The number of nitrogen functional groups attached to an aromatic ring is 1. The quantitative estimate of drug-likeness (QED) is 0.573. The van der Waals surface area contributed by atoms with E-state index in [9.17, 15) is 0 Å². The molecule has 21 heavy (non-hydrogen) atoms. The summed E-state index contributed by atoms with van der Waals surface area (Å²) >= 11 is 0. The molecule has 0 spiro atoms. The van der Waals surface area contributed by atoms with E-state index < -0.39 is 0 Å². The van der Waals surface area contributed by atoms with Crippen molar-refractivity contribution < 1.29 is 4.42 Å². The molecule has 2 aromatic rings. The number of hydrogen-bond donors (Lipinski definition) is 3. The van der Waals surface area contributed by atoms with Crippen LogP contribution < -0.4 is 16.6 Å². The number of rotatable bonds is 5. The first-order chi connectivity index (χ1) is 9.92. The number of nitrogens with one attached hydrogen (secondary N) is 2. The zero-order chi connectivity index (χ0) is 15.5. The predicted molar refractivity (Wildman–Crippen MR) is 81.7 cm³/mol. The third-order valence-electron chi connectivity index (χ3n) is 2.92. The maximum Gasteiger partial charge on any atom is 0.213 e. The molecule has 4 N–H and O–H groups in total. The van der Waals surface area contributed by atoms with Gasteiger partial charge < -0.3 is 15.2 Å². The molecular formula is C14H22N6O. The van der Waals surface area contributed by atoms with Gasteiger partial charge in [-0.3, -0.25) is 0 Å². The molecular weight excluding hydrogens is 268 g/mol. The molecule has 0 unspecified atom stereocenters. The van der Waals surface area contributed by atoms with E-state index in [1.165, 1.54) is 0 Å². The molecule has 0 atom stereocenters. The number of hydrazine groups is 1. The van der Waals surface area contributed by atoms with E-state index in [0.717, 1.165) is 12.2 Å². The summed E-state index contributed by atoms with van der Waals surface area (Å²) in [4.78, 5) is 13.1. The van der Waals surface area contributed by atoms with Crippen LogP contribution in [0, 0.1) is 0 Å². The van der Waals surface area contributed by atoms with Crippen LogP contribution in [0.15, 0.2) is 16.7 Å². The van der Waals surface area contributed by atoms with Gasteiger partial charge in [0.1, 0.15) is 23.2 Å². The molecule has 114 valence electrons. The predicted octanol–water partition coefficient (Wildman–Crippen LogP) is 2.22. The van der Waals surface area contributed by atoms with E-state index in [2.05, 4.69) is 25.7 Å². The third kappa shape index (κ3) is 3.91. The highest BCUT2D eigenvalue weighted by atomic mass is 16.4. The van der Waals surface area contributed by atoms with Gasteiger partial charge in [-0.2, -0.15) is 0 Å². The van der Waals surface area contributed by atoms with Gasteiger partial charge in [0.05, 0.1) is 12.7 Å². The van der Waals surface area contributed by atoms with Crippen LogP contribution in [-0.4, -0.2) is 15.0 Å². The summed E-state index contributed by atoms with van der Waals surface area (Å²) in [5.74, 6) is 8.92. The summed E-state index contributed by atoms with van der Waals surface area (Å²) in [6, 6.07) is 1.75. The highest BCUT2D eigenvalue weighted by Crippen LogP contribution is 2.22. The number of aromatic nitrogens is 3. The molecule has 7 heteroatoms. The first kappa shape index (κ1) is 15.2. The van der Waals surface area contributed by atoms with Crippen molar-refractivity contribution in [2.45, 2.75) is 46.1 Å². The fourth-order valence-corrected chi connectivity index (χ4v) is 1.71. The number of hydrogen-bond acceptors (Lipinski definition) is 7.